The van der Waals surface area contributed by atoms with Crippen LogP contribution in [-0.4, -0.2) is 34.1 Å². The number of hydrogen-bond acceptors (Lipinski definition) is 5. The van der Waals surface area contributed by atoms with Crippen LogP contribution < -0.4 is 16.0 Å². The number of benzene rings is 2. The number of amides is 2. The van der Waals surface area contributed by atoms with Gasteiger partial charge in [-0.25, -0.2) is 9.37 Å². The fraction of sp³-hybridized carbons (Fsp3) is 0.208. The Balaban J connectivity index is 1.63. The van der Waals surface area contributed by atoms with Crippen molar-refractivity contribution in [3.8, 4) is 0 Å². The molecule has 4 N–H and O–H groups in total. The van der Waals surface area contributed by atoms with E-state index < -0.39 is 41.0 Å². The summed E-state index contributed by atoms with van der Waals surface area (Å²) in [6.07, 6.45) is -3.21. The molecule has 1 fully saturated rings. The fourth-order valence-electron chi connectivity index (χ4n) is 3.50. The second kappa shape index (κ2) is 9.71. The van der Waals surface area contributed by atoms with E-state index in [1.54, 1.807) is 30.3 Å². The predicted molar refractivity (Wildman–Crippen MR) is 120 cm³/mol. The summed E-state index contributed by atoms with van der Waals surface area (Å²) in [5, 5.41) is 17.5. The summed E-state index contributed by atoms with van der Waals surface area (Å²) in [6.45, 7) is 0. The van der Waals surface area contributed by atoms with E-state index in [0.717, 1.165) is 0 Å². The van der Waals surface area contributed by atoms with Gasteiger partial charge in [0.1, 0.15) is 5.82 Å². The highest BCUT2D eigenvalue weighted by Crippen LogP contribution is 2.31. The molecule has 0 radical (unpaired) electrons. The molecule has 0 saturated heterocycles. The van der Waals surface area contributed by atoms with Crippen LogP contribution in [0.4, 0.5) is 34.8 Å². The zero-order valence-electron chi connectivity index (χ0n) is 18.1. The maximum Gasteiger partial charge on any atom is 0.416 e. The van der Waals surface area contributed by atoms with E-state index in [9.17, 15) is 32.3 Å². The first-order chi connectivity index (χ1) is 16.6. The van der Waals surface area contributed by atoms with Crippen LogP contribution in [0.15, 0.2) is 60.8 Å². The highest BCUT2D eigenvalue weighted by Gasteiger charge is 2.32. The number of aromatic nitrogens is 1. The van der Waals surface area contributed by atoms with E-state index in [-0.39, 0.29) is 23.1 Å². The van der Waals surface area contributed by atoms with Crippen molar-refractivity contribution in [2.75, 3.05) is 10.6 Å². The number of hydrogen-bond donors (Lipinski definition) is 4. The molecule has 0 aliphatic heterocycles. The zero-order valence-corrected chi connectivity index (χ0v) is 18.1. The van der Waals surface area contributed by atoms with Crippen LogP contribution in [0.2, 0.25) is 0 Å². The van der Waals surface area contributed by atoms with Crippen LogP contribution in [0.5, 0.6) is 0 Å². The lowest BCUT2D eigenvalue weighted by atomic mass is 9.89. The Morgan fingerprint density at radius 1 is 0.971 bits per heavy atom. The number of aliphatic hydroxyl groups excluding tert-OH is 1. The number of nitrogens with zero attached hydrogens (tertiary/aromatic N) is 1. The standard InChI is InChI=1S/C24H20F4N4O3/c25-16-7-13(6-15(9-16)24(26,27)28)22(34)32-20-8-14(23(35)31-18-10-19(33)11-18)12-29-21(20)30-17-4-2-1-3-5-17/h1-9,12,18-19,33H,10-11H2,(H,29,30)(H,31,35)(H,32,34). The maximum absolute atomic E-state index is 13.8. The van der Waals surface area contributed by atoms with Crippen molar-refractivity contribution in [3.05, 3.63) is 83.3 Å². The summed E-state index contributed by atoms with van der Waals surface area (Å²) in [5.41, 5.74) is -1.18. The van der Waals surface area contributed by atoms with Crippen molar-refractivity contribution < 1.29 is 32.3 Å². The van der Waals surface area contributed by atoms with E-state index in [2.05, 4.69) is 20.9 Å². The van der Waals surface area contributed by atoms with E-state index >= 15 is 0 Å². The molecule has 1 aliphatic carbocycles. The Morgan fingerprint density at radius 3 is 2.34 bits per heavy atom. The highest BCUT2D eigenvalue weighted by atomic mass is 19.4. The van der Waals surface area contributed by atoms with Crippen LogP contribution in [0, 0.1) is 5.82 Å². The van der Waals surface area contributed by atoms with Gasteiger partial charge in [-0.05, 0) is 49.2 Å². The Hall–Kier alpha value is -3.99. The number of carbonyl (C=O) groups is 2. The molecule has 35 heavy (non-hydrogen) atoms. The Bertz CT molecular complexity index is 1250. The molecule has 0 spiro atoms. The van der Waals surface area contributed by atoms with Crippen LogP contribution in [0.1, 0.15) is 39.1 Å². The normalized spacial score (nSPS) is 17.3. The molecule has 0 atom stereocenters. The van der Waals surface area contributed by atoms with Gasteiger partial charge < -0.3 is 21.1 Å². The molecule has 1 aliphatic rings. The number of anilines is 3. The zero-order chi connectivity index (χ0) is 25.2. The number of alkyl halides is 3. The molecular weight excluding hydrogens is 468 g/mol. The number of aliphatic hydroxyl groups is 1. The predicted octanol–water partition coefficient (Wildman–Crippen LogP) is 4.49. The SMILES string of the molecule is O=C(Nc1cc(C(=O)NC2CC(O)C2)cnc1Nc1ccccc1)c1cc(F)cc(C(F)(F)F)c1. The summed E-state index contributed by atoms with van der Waals surface area (Å²) >= 11 is 0. The van der Waals surface area contributed by atoms with Gasteiger partial charge in [0.2, 0.25) is 0 Å². The lowest BCUT2D eigenvalue weighted by Gasteiger charge is -2.31. The largest absolute Gasteiger partial charge is 0.416 e. The van der Waals surface area contributed by atoms with Gasteiger partial charge in [0.15, 0.2) is 5.82 Å². The Kier molecular flexibility index (Phi) is 6.70. The highest BCUT2D eigenvalue weighted by molar-refractivity contribution is 6.07. The van der Waals surface area contributed by atoms with Crippen molar-refractivity contribution in [1.82, 2.24) is 10.3 Å². The molecule has 1 saturated carbocycles. The van der Waals surface area contributed by atoms with Crippen LogP contribution in [-0.2, 0) is 6.18 Å². The van der Waals surface area contributed by atoms with Gasteiger partial charge in [-0.1, -0.05) is 18.2 Å². The number of halogens is 4. The summed E-state index contributed by atoms with van der Waals surface area (Å²) < 4.78 is 53.0. The van der Waals surface area contributed by atoms with Gasteiger partial charge in [-0.2, -0.15) is 13.2 Å². The van der Waals surface area contributed by atoms with E-state index in [1.807, 2.05) is 0 Å². The molecule has 2 amide bonds. The van der Waals surface area contributed by atoms with Gasteiger partial charge in [0.05, 0.1) is 22.9 Å². The summed E-state index contributed by atoms with van der Waals surface area (Å²) in [7, 11) is 0. The van der Waals surface area contributed by atoms with Crippen LogP contribution in [0.3, 0.4) is 0 Å². The van der Waals surface area contributed by atoms with Gasteiger partial charge >= 0.3 is 6.18 Å². The van der Waals surface area contributed by atoms with Crippen molar-refractivity contribution in [2.45, 2.75) is 31.2 Å². The number of carbonyl (C=O) groups excluding carboxylic acids is 2. The third kappa shape index (κ3) is 5.93. The van der Waals surface area contributed by atoms with Crippen LogP contribution in [0.25, 0.3) is 0 Å². The van der Waals surface area contributed by atoms with E-state index in [1.165, 1.54) is 12.3 Å². The molecular formula is C24H20F4N4O3. The summed E-state index contributed by atoms with van der Waals surface area (Å²) in [4.78, 5) is 29.6. The lowest BCUT2D eigenvalue weighted by molar-refractivity contribution is -0.137. The first kappa shape index (κ1) is 24.1. The number of nitrogens with one attached hydrogen (secondary N) is 3. The minimum absolute atomic E-state index is 0.00188. The topological polar surface area (TPSA) is 103 Å². The molecule has 0 unspecified atom stereocenters. The molecule has 0 bridgehead atoms. The molecule has 1 aromatic heterocycles. The molecule has 7 nitrogen and oxygen atoms in total. The smallest absolute Gasteiger partial charge is 0.393 e. The summed E-state index contributed by atoms with van der Waals surface area (Å²) in [5.74, 6) is -2.62. The van der Waals surface area contributed by atoms with Gasteiger partial charge in [0, 0.05) is 23.5 Å². The van der Waals surface area contributed by atoms with Gasteiger partial charge in [-0.3, -0.25) is 9.59 Å². The van der Waals surface area contributed by atoms with Crippen molar-refractivity contribution in [1.29, 1.82) is 0 Å². The minimum Gasteiger partial charge on any atom is -0.393 e. The number of rotatable bonds is 6. The Morgan fingerprint density at radius 2 is 1.69 bits per heavy atom. The molecule has 11 heteroatoms. The van der Waals surface area contributed by atoms with Crippen molar-refractivity contribution in [2.24, 2.45) is 0 Å². The number of para-hydroxylation sites is 1. The third-order valence-electron chi connectivity index (χ3n) is 5.37. The maximum atomic E-state index is 13.8. The molecule has 182 valence electrons. The average molecular weight is 488 g/mol. The second-order valence-electron chi connectivity index (χ2n) is 8.09. The second-order valence-corrected chi connectivity index (χ2v) is 8.09. The van der Waals surface area contributed by atoms with E-state index in [4.69, 9.17) is 0 Å². The quantitative estimate of drug-likeness (QED) is 0.383. The summed E-state index contributed by atoms with van der Waals surface area (Å²) in [6, 6.07) is 11.3. The minimum atomic E-state index is -4.84. The molecule has 3 aromatic rings. The average Bonchev–Trinajstić information content (AvgIpc) is 2.78. The van der Waals surface area contributed by atoms with Gasteiger partial charge in [0.25, 0.3) is 11.8 Å². The van der Waals surface area contributed by atoms with Crippen molar-refractivity contribution >= 4 is 29.0 Å². The first-order valence-electron chi connectivity index (χ1n) is 10.6. The lowest BCUT2D eigenvalue weighted by Crippen LogP contribution is -2.46. The van der Waals surface area contributed by atoms with Gasteiger partial charge in [-0.15, -0.1) is 0 Å². The molecule has 1 heterocycles. The van der Waals surface area contributed by atoms with Crippen LogP contribution >= 0.6 is 0 Å². The Labute approximate surface area is 197 Å². The van der Waals surface area contributed by atoms with Crippen molar-refractivity contribution in [3.63, 3.8) is 0 Å². The first-order valence-corrected chi connectivity index (χ1v) is 10.6. The number of pyridine rings is 1. The van der Waals surface area contributed by atoms with E-state index in [0.29, 0.717) is 36.7 Å². The molecule has 4 rings (SSSR count). The third-order valence-corrected chi connectivity index (χ3v) is 5.37. The molecule has 2 aromatic carbocycles. The monoisotopic (exact) mass is 488 g/mol. The fourth-order valence-corrected chi connectivity index (χ4v) is 3.50.